The zero-order valence-electron chi connectivity index (χ0n) is 10.0. The first kappa shape index (κ1) is 11.8. The van der Waals surface area contributed by atoms with Crippen LogP contribution in [0, 0.1) is 10.8 Å². The predicted molar refractivity (Wildman–Crippen MR) is 66.6 cm³/mol. The Kier molecular flexibility index (Phi) is 3.51. The van der Waals surface area contributed by atoms with E-state index < -0.39 is 0 Å². The molecular formula is C13H20N2. The van der Waals surface area contributed by atoms with Gasteiger partial charge in [-0.1, -0.05) is 39.0 Å². The summed E-state index contributed by atoms with van der Waals surface area (Å²) in [5, 5.41) is 8.16. The van der Waals surface area contributed by atoms with E-state index in [9.17, 15) is 0 Å². The number of nitrogens with one attached hydrogen (secondary N) is 1. The minimum Gasteiger partial charge on any atom is -0.330 e. The molecule has 0 aliphatic rings. The van der Waals surface area contributed by atoms with Crippen LogP contribution in [0.5, 0.6) is 0 Å². The topological polar surface area (TPSA) is 27.1 Å². The fraction of sp³-hybridized carbons (Fsp3) is 0.462. The van der Waals surface area contributed by atoms with Crippen LogP contribution in [0.2, 0.25) is 0 Å². The summed E-state index contributed by atoms with van der Waals surface area (Å²) in [6.07, 6.45) is 0. The fourth-order valence-electron chi connectivity index (χ4n) is 1.48. The van der Waals surface area contributed by atoms with Crippen molar-refractivity contribution in [2.75, 3.05) is 11.4 Å². The monoisotopic (exact) mass is 204 g/mol. The molecule has 0 saturated carbocycles. The molecule has 2 nitrogen and oxygen atoms in total. The van der Waals surface area contributed by atoms with Crippen LogP contribution in [0.15, 0.2) is 30.3 Å². The van der Waals surface area contributed by atoms with Crippen molar-refractivity contribution in [1.29, 1.82) is 5.41 Å². The molecule has 0 fully saturated rings. The Morgan fingerprint density at radius 2 is 1.73 bits per heavy atom. The summed E-state index contributed by atoms with van der Waals surface area (Å²) in [7, 11) is 0. The lowest BCUT2D eigenvalue weighted by Gasteiger charge is -2.31. The molecule has 0 aromatic heterocycles. The first-order chi connectivity index (χ1) is 6.96. The van der Waals surface area contributed by atoms with Gasteiger partial charge >= 0.3 is 0 Å². The highest BCUT2D eigenvalue weighted by molar-refractivity contribution is 5.98. The van der Waals surface area contributed by atoms with Crippen LogP contribution in [0.25, 0.3) is 0 Å². The molecule has 82 valence electrons. The lowest BCUT2D eigenvalue weighted by atomic mass is 9.93. The lowest BCUT2D eigenvalue weighted by Crippen LogP contribution is -2.38. The van der Waals surface area contributed by atoms with E-state index in [1.54, 1.807) is 0 Å². The third-order valence-electron chi connectivity index (χ3n) is 2.36. The second-order valence-electron chi connectivity index (χ2n) is 4.68. The van der Waals surface area contributed by atoms with Crippen molar-refractivity contribution in [3.05, 3.63) is 30.3 Å². The number of anilines is 1. The molecule has 0 saturated heterocycles. The van der Waals surface area contributed by atoms with Gasteiger partial charge in [0, 0.05) is 17.6 Å². The van der Waals surface area contributed by atoms with Gasteiger partial charge in [0.15, 0.2) is 0 Å². The smallest absolute Gasteiger partial charge is 0.106 e. The van der Waals surface area contributed by atoms with E-state index in [1.165, 1.54) is 0 Å². The van der Waals surface area contributed by atoms with Crippen LogP contribution in [0.3, 0.4) is 0 Å². The van der Waals surface area contributed by atoms with Crippen molar-refractivity contribution in [3.8, 4) is 0 Å². The highest BCUT2D eigenvalue weighted by atomic mass is 15.2. The third-order valence-corrected chi connectivity index (χ3v) is 2.36. The van der Waals surface area contributed by atoms with E-state index in [-0.39, 0.29) is 5.41 Å². The van der Waals surface area contributed by atoms with E-state index in [0.717, 1.165) is 12.2 Å². The number of benzene rings is 1. The molecule has 15 heavy (non-hydrogen) atoms. The van der Waals surface area contributed by atoms with Crippen molar-refractivity contribution < 1.29 is 0 Å². The second kappa shape index (κ2) is 4.47. The van der Waals surface area contributed by atoms with Gasteiger partial charge in [0.25, 0.3) is 0 Å². The molecule has 0 unspecified atom stereocenters. The van der Waals surface area contributed by atoms with Gasteiger partial charge in [-0.2, -0.15) is 0 Å². The number of hydrogen-bond donors (Lipinski definition) is 1. The van der Waals surface area contributed by atoms with Crippen LogP contribution in [-0.4, -0.2) is 12.4 Å². The summed E-state index contributed by atoms with van der Waals surface area (Å²) in [5.41, 5.74) is 0.992. The molecule has 1 N–H and O–H groups in total. The molecular weight excluding hydrogens is 184 g/mol. The average molecular weight is 204 g/mol. The maximum Gasteiger partial charge on any atom is 0.106 e. The minimum atomic E-state index is -0.105. The van der Waals surface area contributed by atoms with Crippen molar-refractivity contribution in [2.24, 2.45) is 5.41 Å². The fourth-order valence-corrected chi connectivity index (χ4v) is 1.48. The van der Waals surface area contributed by atoms with Gasteiger partial charge < -0.3 is 4.90 Å². The molecule has 1 aromatic rings. The van der Waals surface area contributed by atoms with Gasteiger partial charge in [-0.05, 0) is 19.1 Å². The summed E-state index contributed by atoms with van der Waals surface area (Å²) >= 11 is 0. The van der Waals surface area contributed by atoms with Crippen molar-refractivity contribution >= 4 is 11.5 Å². The Morgan fingerprint density at radius 1 is 1.20 bits per heavy atom. The maximum atomic E-state index is 8.16. The summed E-state index contributed by atoms with van der Waals surface area (Å²) in [6, 6.07) is 10.1. The number of rotatable bonds is 2. The van der Waals surface area contributed by atoms with Gasteiger partial charge in [0.05, 0.1) is 0 Å². The van der Waals surface area contributed by atoms with E-state index in [2.05, 4.69) is 27.7 Å². The standard InChI is InChI=1S/C13H20N2/c1-5-15(12(14)13(2,3)4)11-9-7-6-8-10-11/h6-10,14H,5H2,1-4H3. The van der Waals surface area contributed by atoms with E-state index >= 15 is 0 Å². The normalized spacial score (nSPS) is 11.2. The number of amidine groups is 1. The molecule has 0 heterocycles. The molecule has 2 heteroatoms. The molecule has 0 aliphatic heterocycles. The van der Waals surface area contributed by atoms with Crippen molar-refractivity contribution in [3.63, 3.8) is 0 Å². The number of nitrogens with zero attached hydrogens (tertiary/aromatic N) is 1. The third kappa shape index (κ3) is 2.82. The SMILES string of the molecule is CCN(C(=N)C(C)(C)C)c1ccccc1. The van der Waals surface area contributed by atoms with Crippen molar-refractivity contribution in [1.82, 2.24) is 0 Å². The molecule has 0 bridgehead atoms. The van der Waals surface area contributed by atoms with Gasteiger partial charge in [-0.25, -0.2) is 0 Å². The van der Waals surface area contributed by atoms with E-state index in [4.69, 9.17) is 5.41 Å². The summed E-state index contributed by atoms with van der Waals surface area (Å²) in [6.45, 7) is 9.12. The Morgan fingerprint density at radius 3 is 2.13 bits per heavy atom. The predicted octanol–water partition coefficient (Wildman–Crippen LogP) is 3.54. The molecule has 0 atom stereocenters. The molecule has 0 spiro atoms. The van der Waals surface area contributed by atoms with Crippen LogP contribution in [0.1, 0.15) is 27.7 Å². The lowest BCUT2D eigenvalue weighted by molar-refractivity contribution is 0.573. The Hall–Kier alpha value is -1.31. The molecule has 0 aliphatic carbocycles. The summed E-state index contributed by atoms with van der Waals surface area (Å²) in [5.74, 6) is 0.663. The van der Waals surface area contributed by atoms with Crippen LogP contribution >= 0.6 is 0 Å². The number of para-hydroxylation sites is 1. The quantitative estimate of drug-likeness (QED) is 0.579. The van der Waals surface area contributed by atoms with Crippen LogP contribution < -0.4 is 4.90 Å². The van der Waals surface area contributed by atoms with Gasteiger partial charge in [-0.3, -0.25) is 5.41 Å². The van der Waals surface area contributed by atoms with Gasteiger partial charge in [0.2, 0.25) is 0 Å². The van der Waals surface area contributed by atoms with E-state index in [1.807, 2.05) is 35.2 Å². The number of hydrogen-bond acceptors (Lipinski definition) is 1. The highest BCUT2D eigenvalue weighted by Gasteiger charge is 2.22. The van der Waals surface area contributed by atoms with Crippen LogP contribution in [-0.2, 0) is 0 Å². The van der Waals surface area contributed by atoms with E-state index in [0.29, 0.717) is 5.84 Å². The first-order valence-corrected chi connectivity index (χ1v) is 5.38. The van der Waals surface area contributed by atoms with Gasteiger partial charge in [-0.15, -0.1) is 0 Å². The maximum absolute atomic E-state index is 8.16. The van der Waals surface area contributed by atoms with Crippen LogP contribution in [0.4, 0.5) is 5.69 Å². The largest absolute Gasteiger partial charge is 0.330 e. The first-order valence-electron chi connectivity index (χ1n) is 5.38. The Labute approximate surface area is 92.4 Å². The zero-order valence-corrected chi connectivity index (χ0v) is 10.0. The summed E-state index contributed by atoms with van der Waals surface area (Å²) in [4.78, 5) is 2.04. The van der Waals surface area contributed by atoms with Crippen molar-refractivity contribution in [2.45, 2.75) is 27.7 Å². The molecule has 0 amide bonds. The average Bonchev–Trinajstić information content (AvgIpc) is 2.19. The molecule has 1 rings (SSSR count). The zero-order chi connectivity index (χ0) is 11.5. The Balaban J connectivity index is 2.96. The molecule has 1 aromatic carbocycles. The van der Waals surface area contributed by atoms with Gasteiger partial charge in [0.1, 0.15) is 5.84 Å². The second-order valence-corrected chi connectivity index (χ2v) is 4.68. The Bertz CT molecular complexity index is 322. The summed E-state index contributed by atoms with van der Waals surface area (Å²) < 4.78 is 0. The minimum absolute atomic E-state index is 0.105. The molecule has 0 radical (unpaired) electrons. The highest BCUT2D eigenvalue weighted by Crippen LogP contribution is 2.22.